The standard InChI is InChI=1S/C15H23N3O3/c1-4-18(10-12-7-5-6-8-16-12)15(21)17-13(11(2)3)9-14(19)20/h5-8,11,13H,4,9-10H2,1-3H3,(H,17,21)(H,19,20). The number of hydrogen-bond donors (Lipinski definition) is 2. The monoisotopic (exact) mass is 293 g/mol. The van der Waals surface area contributed by atoms with Gasteiger partial charge in [-0.2, -0.15) is 0 Å². The van der Waals surface area contributed by atoms with Crippen LogP contribution in [0.4, 0.5) is 4.79 Å². The SMILES string of the molecule is CCN(Cc1ccccn1)C(=O)NC(CC(=O)O)C(C)C. The lowest BCUT2D eigenvalue weighted by Gasteiger charge is -2.26. The molecular weight excluding hydrogens is 270 g/mol. The zero-order chi connectivity index (χ0) is 15.8. The summed E-state index contributed by atoms with van der Waals surface area (Å²) in [5, 5.41) is 11.7. The number of carbonyl (C=O) groups is 2. The lowest BCUT2D eigenvalue weighted by atomic mass is 10.0. The molecule has 0 fully saturated rings. The van der Waals surface area contributed by atoms with Gasteiger partial charge < -0.3 is 15.3 Å². The van der Waals surface area contributed by atoms with Gasteiger partial charge in [-0.15, -0.1) is 0 Å². The molecule has 0 saturated carbocycles. The number of aromatic nitrogens is 1. The van der Waals surface area contributed by atoms with Gasteiger partial charge >= 0.3 is 12.0 Å². The number of amides is 2. The molecule has 1 atom stereocenters. The van der Waals surface area contributed by atoms with E-state index < -0.39 is 5.97 Å². The first-order chi connectivity index (χ1) is 9.93. The molecule has 0 saturated heterocycles. The van der Waals surface area contributed by atoms with Gasteiger partial charge in [-0.05, 0) is 25.0 Å². The highest BCUT2D eigenvalue weighted by atomic mass is 16.4. The van der Waals surface area contributed by atoms with E-state index in [9.17, 15) is 9.59 Å². The van der Waals surface area contributed by atoms with E-state index in [2.05, 4.69) is 10.3 Å². The fourth-order valence-corrected chi connectivity index (χ4v) is 1.91. The maximum atomic E-state index is 12.3. The van der Waals surface area contributed by atoms with Crippen molar-refractivity contribution in [3.05, 3.63) is 30.1 Å². The van der Waals surface area contributed by atoms with Gasteiger partial charge in [0.1, 0.15) is 0 Å². The minimum Gasteiger partial charge on any atom is -0.481 e. The predicted octanol–water partition coefficient (Wildman–Crippen LogP) is 2.11. The maximum Gasteiger partial charge on any atom is 0.317 e. The summed E-state index contributed by atoms with van der Waals surface area (Å²) >= 11 is 0. The molecule has 0 aliphatic heterocycles. The smallest absolute Gasteiger partial charge is 0.317 e. The highest BCUT2D eigenvalue weighted by Crippen LogP contribution is 2.08. The van der Waals surface area contributed by atoms with E-state index in [4.69, 9.17) is 5.11 Å². The third kappa shape index (κ3) is 5.81. The summed E-state index contributed by atoms with van der Waals surface area (Å²) in [6.07, 6.45) is 1.60. The Kier molecular flexibility index (Phi) is 6.65. The van der Waals surface area contributed by atoms with Gasteiger partial charge in [0.05, 0.1) is 18.7 Å². The first kappa shape index (κ1) is 16.9. The minimum absolute atomic E-state index is 0.0543. The zero-order valence-corrected chi connectivity index (χ0v) is 12.7. The number of hydrogen-bond acceptors (Lipinski definition) is 3. The third-order valence-electron chi connectivity index (χ3n) is 3.26. The number of carbonyl (C=O) groups excluding carboxylic acids is 1. The summed E-state index contributed by atoms with van der Waals surface area (Å²) in [5.74, 6) is -0.861. The van der Waals surface area contributed by atoms with Gasteiger partial charge in [0.25, 0.3) is 0 Å². The van der Waals surface area contributed by atoms with E-state index in [0.717, 1.165) is 5.69 Å². The highest BCUT2D eigenvalue weighted by molar-refractivity contribution is 5.76. The second-order valence-corrected chi connectivity index (χ2v) is 5.23. The molecule has 1 rings (SSSR count). The van der Waals surface area contributed by atoms with Gasteiger partial charge in [0.2, 0.25) is 0 Å². The van der Waals surface area contributed by atoms with Gasteiger partial charge in [0, 0.05) is 18.8 Å². The van der Waals surface area contributed by atoms with Crippen molar-refractivity contribution in [2.45, 2.75) is 39.8 Å². The Morgan fingerprint density at radius 3 is 2.57 bits per heavy atom. The summed E-state index contributed by atoms with van der Waals surface area (Å²) in [5.41, 5.74) is 0.800. The molecule has 1 aromatic rings. The molecule has 6 nitrogen and oxygen atoms in total. The average Bonchev–Trinajstić information content (AvgIpc) is 2.44. The summed E-state index contributed by atoms with van der Waals surface area (Å²) in [4.78, 5) is 28.9. The second-order valence-electron chi connectivity index (χ2n) is 5.23. The van der Waals surface area contributed by atoms with Crippen LogP contribution in [-0.4, -0.2) is 39.6 Å². The fourth-order valence-electron chi connectivity index (χ4n) is 1.91. The van der Waals surface area contributed by atoms with Crippen LogP contribution in [0, 0.1) is 5.92 Å². The molecule has 0 bridgehead atoms. The summed E-state index contributed by atoms with van der Waals surface area (Å²) < 4.78 is 0. The van der Waals surface area contributed by atoms with Crippen molar-refractivity contribution in [2.75, 3.05) is 6.54 Å². The quantitative estimate of drug-likeness (QED) is 0.806. The van der Waals surface area contributed by atoms with Gasteiger partial charge in [0.15, 0.2) is 0 Å². The Morgan fingerprint density at radius 1 is 1.38 bits per heavy atom. The molecule has 1 heterocycles. The lowest BCUT2D eigenvalue weighted by molar-refractivity contribution is -0.137. The van der Waals surface area contributed by atoms with Crippen LogP contribution in [-0.2, 0) is 11.3 Å². The molecular formula is C15H23N3O3. The number of pyridine rings is 1. The fraction of sp³-hybridized carbons (Fsp3) is 0.533. The molecule has 1 unspecified atom stereocenters. The van der Waals surface area contributed by atoms with Crippen LogP contribution >= 0.6 is 0 Å². The Bertz CT molecular complexity index is 462. The van der Waals surface area contributed by atoms with Crippen LogP contribution in [0.25, 0.3) is 0 Å². The molecule has 1 aromatic heterocycles. The zero-order valence-electron chi connectivity index (χ0n) is 12.7. The van der Waals surface area contributed by atoms with Crippen molar-refractivity contribution >= 4 is 12.0 Å². The lowest BCUT2D eigenvalue weighted by Crippen LogP contribution is -2.47. The third-order valence-corrected chi connectivity index (χ3v) is 3.26. The summed E-state index contributed by atoms with van der Waals surface area (Å²) in [6, 6.07) is 4.90. The number of urea groups is 1. The molecule has 0 spiro atoms. The number of rotatable bonds is 7. The van der Waals surface area contributed by atoms with E-state index in [1.54, 1.807) is 11.1 Å². The Labute approximate surface area is 125 Å². The van der Waals surface area contributed by atoms with E-state index in [1.807, 2.05) is 39.0 Å². The van der Waals surface area contributed by atoms with Crippen molar-refractivity contribution in [2.24, 2.45) is 5.92 Å². The Balaban J connectivity index is 2.67. The summed E-state index contributed by atoms with van der Waals surface area (Å²) in [7, 11) is 0. The first-order valence-electron chi connectivity index (χ1n) is 7.11. The molecule has 0 aliphatic rings. The van der Waals surface area contributed by atoms with Crippen LogP contribution in [0.3, 0.4) is 0 Å². The van der Waals surface area contributed by atoms with Crippen molar-refractivity contribution in [1.82, 2.24) is 15.2 Å². The van der Waals surface area contributed by atoms with Crippen LogP contribution in [0.1, 0.15) is 32.9 Å². The molecule has 2 amide bonds. The number of nitrogens with one attached hydrogen (secondary N) is 1. The van der Waals surface area contributed by atoms with E-state index >= 15 is 0 Å². The molecule has 0 radical (unpaired) electrons. The van der Waals surface area contributed by atoms with Crippen LogP contribution in [0.2, 0.25) is 0 Å². The largest absolute Gasteiger partial charge is 0.481 e. The minimum atomic E-state index is -0.915. The first-order valence-corrected chi connectivity index (χ1v) is 7.11. The number of aliphatic carboxylic acids is 1. The van der Waals surface area contributed by atoms with Crippen molar-refractivity contribution in [3.63, 3.8) is 0 Å². The molecule has 0 aliphatic carbocycles. The molecule has 2 N–H and O–H groups in total. The number of carboxylic acid groups (broad SMARTS) is 1. The van der Waals surface area contributed by atoms with Crippen LogP contribution < -0.4 is 5.32 Å². The van der Waals surface area contributed by atoms with Crippen molar-refractivity contribution < 1.29 is 14.7 Å². The maximum absolute atomic E-state index is 12.3. The van der Waals surface area contributed by atoms with Crippen LogP contribution in [0.5, 0.6) is 0 Å². The van der Waals surface area contributed by atoms with E-state index in [0.29, 0.717) is 13.1 Å². The van der Waals surface area contributed by atoms with Gasteiger partial charge in [-0.3, -0.25) is 9.78 Å². The average molecular weight is 293 g/mol. The van der Waals surface area contributed by atoms with Crippen molar-refractivity contribution in [1.29, 1.82) is 0 Å². The Hall–Kier alpha value is -2.11. The molecule has 116 valence electrons. The molecule has 6 heteroatoms. The van der Waals surface area contributed by atoms with Gasteiger partial charge in [-0.1, -0.05) is 19.9 Å². The predicted molar refractivity (Wildman–Crippen MR) is 79.7 cm³/mol. The normalized spacial score (nSPS) is 12.0. The topological polar surface area (TPSA) is 82.5 Å². The van der Waals surface area contributed by atoms with Gasteiger partial charge in [-0.25, -0.2) is 4.79 Å². The summed E-state index contributed by atoms with van der Waals surface area (Å²) in [6.45, 7) is 6.59. The second kappa shape index (κ2) is 8.24. The Morgan fingerprint density at radius 2 is 2.10 bits per heavy atom. The number of carboxylic acids is 1. The van der Waals surface area contributed by atoms with E-state index in [1.165, 1.54) is 0 Å². The van der Waals surface area contributed by atoms with E-state index in [-0.39, 0.29) is 24.4 Å². The van der Waals surface area contributed by atoms with Crippen molar-refractivity contribution in [3.8, 4) is 0 Å². The highest BCUT2D eigenvalue weighted by Gasteiger charge is 2.22. The molecule has 0 aromatic carbocycles. The molecule has 21 heavy (non-hydrogen) atoms. The number of nitrogens with zero attached hydrogens (tertiary/aromatic N) is 2. The van der Waals surface area contributed by atoms with Crippen LogP contribution in [0.15, 0.2) is 24.4 Å².